The highest BCUT2D eigenvalue weighted by atomic mass is 15.3. The van der Waals surface area contributed by atoms with Crippen LogP contribution in [-0.4, -0.2) is 29.9 Å². The maximum Gasteiger partial charge on any atom is 0.194 e. The van der Waals surface area contributed by atoms with Crippen LogP contribution >= 0.6 is 0 Å². The first kappa shape index (κ1) is 14.1. The van der Waals surface area contributed by atoms with Crippen molar-refractivity contribution in [3.63, 3.8) is 0 Å². The number of nitrogens with zero attached hydrogens (tertiary/aromatic N) is 3. The van der Waals surface area contributed by atoms with Crippen LogP contribution in [-0.2, 0) is 13.1 Å². The lowest BCUT2D eigenvalue weighted by Gasteiger charge is -2.17. The Morgan fingerprint density at radius 3 is 2.50 bits per heavy atom. The molecule has 0 spiro atoms. The first-order valence-electron chi connectivity index (χ1n) is 6.64. The van der Waals surface area contributed by atoms with E-state index in [1.54, 1.807) is 6.20 Å². The summed E-state index contributed by atoms with van der Waals surface area (Å²) in [7, 11) is 3.97. The first-order chi connectivity index (χ1) is 9.75. The van der Waals surface area contributed by atoms with E-state index in [0.717, 1.165) is 18.1 Å². The molecule has 0 saturated carbocycles. The van der Waals surface area contributed by atoms with E-state index in [4.69, 9.17) is 0 Å². The van der Waals surface area contributed by atoms with Crippen molar-refractivity contribution < 1.29 is 0 Å². The highest BCUT2D eigenvalue weighted by Gasteiger charge is 2.01. The second-order valence-corrected chi connectivity index (χ2v) is 4.73. The molecule has 0 atom stereocenters. The second kappa shape index (κ2) is 7.28. The van der Waals surface area contributed by atoms with Crippen molar-refractivity contribution >= 4 is 5.96 Å². The van der Waals surface area contributed by atoms with Crippen molar-refractivity contribution in [2.75, 3.05) is 14.1 Å². The molecule has 0 aliphatic heterocycles. The molecule has 0 fully saturated rings. The Morgan fingerprint density at radius 2 is 1.85 bits per heavy atom. The lowest BCUT2D eigenvalue weighted by Crippen LogP contribution is -2.36. The number of hydrogen-bond donors (Lipinski definition) is 1. The number of aromatic nitrogens is 1. The van der Waals surface area contributed by atoms with Crippen molar-refractivity contribution in [3.8, 4) is 0 Å². The SMILES string of the molecule is CN(C)C(=NCc1cccnc1)NCc1ccccc1. The van der Waals surface area contributed by atoms with Crippen molar-refractivity contribution in [2.45, 2.75) is 13.1 Å². The molecular formula is C16H20N4. The monoisotopic (exact) mass is 268 g/mol. The van der Waals surface area contributed by atoms with Crippen molar-refractivity contribution in [3.05, 3.63) is 66.0 Å². The zero-order chi connectivity index (χ0) is 14.2. The minimum absolute atomic E-state index is 0.628. The second-order valence-electron chi connectivity index (χ2n) is 4.73. The van der Waals surface area contributed by atoms with E-state index in [1.807, 2.05) is 55.5 Å². The van der Waals surface area contributed by atoms with Crippen molar-refractivity contribution in [1.82, 2.24) is 15.2 Å². The van der Waals surface area contributed by atoms with Gasteiger partial charge in [0.25, 0.3) is 0 Å². The summed E-state index contributed by atoms with van der Waals surface area (Å²) in [5, 5.41) is 3.36. The van der Waals surface area contributed by atoms with Crippen LogP contribution in [0.5, 0.6) is 0 Å². The average Bonchev–Trinajstić information content (AvgIpc) is 2.49. The minimum atomic E-state index is 0.628. The van der Waals surface area contributed by atoms with E-state index in [1.165, 1.54) is 5.56 Å². The molecule has 2 rings (SSSR count). The average molecular weight is 268 g/mol. The maximum atomic E-state index is 4.60. The Morgan fingerprint density at radius 1 is 1.10 bits per heavy atom. The third kappa shape index (κ3) is 4.39. The van der Waals surface area contributed by atoms with Gasteiger partial charge in [0.1, 0.15) is 0 Å². The van der Waals surface area contributed by atoms with Crippen LogP contribution in [0.2, 0.25) is 0 Å². The van der Waals surface area contributed by atoms with Crippen LogP contribution in [0.15, 0.2) is 59.9 Å². The van der Waals surface area contributed by atoms with Gasteiger partial charge in [-0.3, -0.25) is 4.98 Å². The summed E-state index contributed by atoms with van der Waals surface area (Å²) >= 11 is 0. The lowest BCUT2D eigenvalue weighted by molar-refractivity contribution is 0.578. The van der Waals surface area contributed by atoms with E-state index in [9.17, 15) is 0 Å². The summed E-state index contributed by atoms with van der Waals surface area (Å²) in [6, 6.07) is 14.3. The van der Waals surface area contributed by atoms with E-state index in [2.05, 4.69) is 27.4 Å². The van der Waals surface area contributed by atoms with Gasteiger partial charge in [0.05, 0.1) is 6.54 Å². The largest absolute Gasteiger partial charge is 0.352 e. The van der Waals surface area contributed by atoms with Gasteiger partial charge in [-0.2, -0.15) is 0 Å². The Balaban J connectivity index is 1.96. The van der Waals surface area contributed by atoms with Crippen LogP contribution in [0, 0.1) is 0 Å². The molecule has 1 aromatic heterocycles. The van der Waals surface area contributed by atoms with Gasteiger partial charge in [-0.25, -0.2) is 4.99 Å². The molecule has 2 aromatic rings. The molecule has 0 aliphatic carbocycles. The number of hydrogen-bond acceptors (Lipinski definition) is 2. The molecule has 1 aromatic carbocycles. The molecule has 0 radical (unpaired) electrons. The summed E-state index contributed by atoms with van der Waals surface area (Å²) in [4.78, 5) is 10.7. The molecule has 104 valence electrons. The van der Waals surface area contributed by atoms with Gasteiger partial charge in [0.15, 0.2) is 5.96 Å². The molecule has 20 heavy (non-hydrogen) atoms. The van der Waals surface area contributed by atoms with E-state index in [0.29, 0.717) is 6.54 Å². The zero-order valence-corrected chi connectivity index (χ0v) is 12.0. The van der Waals surface area contributed by atoms with Crippen molar-refractivity contribution in [1.29, 1.82) is 0 Å². The van der Waals surface area contributed by atoms with Gasteiger partial charge in [-0.15, -0.1) is 0 Å². The fourth-order valence-corrected chi connectivity index (χ4v) is 1.79. The lowest BCUT2D eigenvalue weighted by atomic mass is 10.2. The number of nitrogens with one attached hydrogen (secondary N) is 1. The fraction of sp³-hybridized carbons (Fsp3) is 0.250. The predicted octanol–water partition coefficient (Wildman–Crippen LogP) is 2.29. The molecule has 0 unspecified atom stereocenters. The summed E-state index contributed by atoms with van der Waals surface area (Å²) in [5.74, 6) is 0.873. The van der Waals surface area contributed by atoms with E-state index >= 15 is 0 Å². The van der Waals surface area contributed by atoms with Crippen LogP contribution in [0.4, 0.5) is 0 Å². The molecule has 0 bridgehead atoms. The summed E-state index contributed by atoms with van der Waals surface area (Å²) in [6.07, 6.45) is 3.61. The Bertz CT molecular complexity index is 535. The Kier molecular flexibility index (Phi) is 5.12. The molecule has 0 saturated heterocycles. The number of rotatable bonds is 4. The summed E-state index contributed by atoms with van der Waals surface area (Å²) in [5.41, 5.74) is 2.34. The standard InChI is InChI=1S/C16H20N4/c1-20(2)16(18-12-14-7-4-3-5-8-14)19-13-15-9-6-10-17-11-15/h3-11H,12-13H2,1-2H3,(H,18,19). The molecule has 0 aliphatic rings. The molecular weight excluding hydrogens is 248 g/mol. The molecule has 4 heteroatoms. The summed E-state index contributed by atoms with van der Waals surface area (Å²) < 4.78 is 0. The van der Waals surface area contributed by atoms with E-state index < -0.39 is 0 Å². The Hall–Kier alpha value is -2.36. The number of pyridine rings is 1. The van der Waals surface area contributed by atoms with Crippen LogP contribution in [0.1, 0.15) is 11.1 Å². The third-order valence-electron chi connectivity index (χ3n) is 2.85. The van der Waals surface area contributed by atoms with Gasteiger partial charge < -0.3 is 10.2 Å². The van der Waals surface area contributed by atoms with Gasteiger partial charge in [-0.1, -0.05) is 36.4 Å². The fourth-order valence-electron chi connectivity index (χ4n) is 1.79. The minimum Gasteiger partial charge on any atom is -0.352 e. The van der Waals surface area contributed by atoms with E-state index in [-0.39, 0.29) is 0 Å². The number of guanidine groups is 1. The Labute approximate surface area is 120 Å². The first-order valence-corrected chi connectivity index (χ1v) is 6.64. The number of aliphatic imine (C=N–C) groups is 1. The quantitative estimate of drug-likeness (QED) is 0.683. The summed E-state index contributed by atoms with van der Waals surface area (Å²) in [6.45, 7) is 1.40. The van der Waals surface area contributed by atoms with Crippen molar-refractivity contribution in [2.24, 2.45) is 4.99 Å². The van der Waals surface area contributed by atoms with Gasteiger partial charge in [-0.05, 0) is 17.2 Å². The third-order valence-corrected chi connectivity index (χ3v) is 2.85. The van der Waals surface area contributed by atoms with Gasteiger partial charge in [0, 0.05) is 33.0 Å². The molecule has 4 nitrogen and oxygen atoms in total. The predicted molar refractivity (Wildman–Crippen MR) is 82.3 cm³/mol. The normalized spacial score (nSPS) is 11.2. The zero-order valence-electron chi connectivity index (χ0n) is 12.0. The van der Waals surface area contributed by atoms with Crippen LogP contribution in [0.25, 0.3) is 0 Å². The van der Waals surface area contributed by atoms with Crippen LogP contribution < -0.4 is 5.32 Å². The topological polar surface area (TPSA) is 40.5 Å². The van der Waals surface area contributed by atoms with Gasteiger partial charge >= 0.3 is 0 Å². The smallest absolute Gasteiger partial charge is 0.194 e. The molecule has 0 amide bonds. The maximum absolute atomic E-state index is 4.60. The molecule has 1 N–H and O–H groups in total. The highest BCUT2D eigenvalue weighted by Crippen LogP contribution is 2.00. The van der Waals surface area contributed by atoms with Crippen LogP contribution in [0.3, 0.4) is 0 Å². The molecule has 1 heterocycles. The van der Waals surface area contributed by atoms with Gasteiger partial charge in [0.2, 0.25) is 0 Å². The highest BCUT2D eigenvalue weighted by molar-refractivity contribution is 5.79. The number of benzene rings is 1.